The molecule has 0 saturated carbocycles. The molecule has 0 N–H and O–H groups in total. The van der Waals surface area contributed by atoms with Crippen LogP contribution < -0.4 is 9.64 Å². The van der Waals surface area contributed by atoms with Crippen molar-refractivity contribution in [1.82, 2.24) is 0 Å². The first kappa shape index (κ1) is 13.9. The maximum absolute atomic E-state index is 12.8. The zero-order chi connectivity index (χ0) is 15.5. The average Bonchev–Trinajstić information content (AvgIpc) is 2.60. The normalized spacial score (nSPS) is 15.8. The molecule has 22 heavy (non-hydrogen) atoms. The summed E-state index contributed by atoms with van der Waals surface area (Å²) in [5.74, 6) is 0.522. The first-order chi connectivity index (χ1) is 10.7. The molecule has 3 rings (SSSR count). The Labute approximate surface area is 128 Å². The van der Waals surface area contributed by atoms with Crippen molar-refractivity contribution < 1.29 is 9.53 Å². The molecule has 1 aliphatic rings. The van der Waals surface area contributed by atoms with Gasteiger partial charge in [-0.2, -0.15) is 5.26 Å². The van der Waals surface area contributed by atoms with Gasteiger partial charge in [0.05, 0.1) is 18.9 Å². The highest BCUT2D eigenvalue weighted by atomic mass is 16.5. The highest BCUT2D eigenvalue weighted by Gasteiger charge is 2.29. The second kappa shape index (κ2) is 5.74. The molecule has 108 valence electrons. The Hall–Kier alpha value is -3.06. The fourth-order valence-corrected chi connectivity index (χ4v) is 2.50. The molecule has 0 spiro atoms. The third-order valence-corrected chi connectivity index (χ3v) is 3.60. The fraction of sp³-hybridized carbons (Fsp3) is 0.111. The van der Waals surface area contributed by atoms with E-state index in [9.17, 15) is 10.1 Å². The number of nitriles is 1. The van der Waals surface area contributed by atoms with Crippen LogP contribution in [0.25, 0.3) is 6.08 Å². The summed E-state index contributed by atoms with van der Waals surface area (Å²) in [6.07, 6.45) is 3.57. The smallest absolute Gasteiger partial charge is 0.259 e. The van der Waals surface area contributed by atoms with E-state index in [0.29, 0.717) is 17.0 Å². The predicted octanol–water partition coefficient (Wildman–Crippen LogP) is 3.26. The van der Waals surface area contributed by atoms with Gasteiger partial charge in [-0.15, -0.1) is 0 Å². The van der Waals surface area contributed by atoms with Crippen molar-refractivity contribution in [2.45, 2.75) is 6.04 Å². The van der Waals surface area contributed by atoms with Gasteiger partial charge in [-0.1, -0.05) is 24.3 Å². The van der Waals surface area contributed by atoms with E-state index >= 15 is 0 Å². The molecule has 0 aliphatic carbocycles. The van der Waals surface area contributed by atoms with Crippen molar-refractivity contribution >= 4 is 17.7 Å². The van der Waals surface area contributed by atoms with Gasteiger partial charge in [0.15, 0.2) is 0 Å². The Balaban J connectivity index is 2.08. The molecule has 4 heteroatoms. The number of nitrogens with zero attached hydrogens (tertiary/aromatic N) is 2. The summed E-state index contributed by atoms with van der Waals surface area (Å²) in [5.41, 5.74) is 2.12. The van der Waals surface area contributed by atoms with Crippen molar-refractivity contribution in [3.63, 3.8) is 0 Å². The molecule has 0 fully saturated rings. The standard InChI is InChI=1S/C18H14N2O2/c1-22-16-9-10-17-14(11-16)7-8-15(12-19)20(17)18(21)13-5-3-2-4-6-13/h2-11,15H,1H3. The molecule has 1 aliphatic heterocycles. The molecule has 0 aromatic heterocycles. The van der Waals surface area contributed by atoms with Gasteiger partial charge in [-0.3, -0.25) is 9.69 Å². The summed E-state index contributed by atoms with van der Waals surface area (Å²) in [4.78, 5) is 14.3. The Kier molecular flexibility index (Phi) is 3.63. The van der Waals surface area contributed by atoms with E-state index in [-0.39, 0.29) is 5.91 Å². The van der Waals surface area contributed by atoms with Gasteiger partial charge in [-0.25, -0.2) is 0 Å². The molecule has 1 amide bonds. The first-order valence-corrected chi connectivity index (χ1v) is 6.89. The van der Waals surface area contributed by atoms with Crippen LogP contribution in [0.5, 0.6) is 5.75 Å². The second-order valence-electron chi connectivity index (χ2n) is 4.90. The van der Waals surface area contributed by atoms with Crippen LogP contribution in [-0.4, -0.2) is 19.1 Å². The van der Waals surface area contributed by atoms with Crippen LogP contribution >= 0.6 is 0 Å². The van der Waals surface area contributed by atoms with E-state index in [1.807, 2.05) is 36.4 Å². The van der Waals surface area contributed by atoms with Crippen molar-refractivity contribution in [3.8, 4) is 11.8 Å². The van der Waals surface area contributed by atoms with Gasteiger partial charge in [0.2, 0.25) is 0 Å². The van der Waals surface area contributed by atoms with Crippen molar-refractivity contribution in [3.05, 3.63) is 65.7 Å². The minimum Gasteiger partial charge on any atom is -0.497 e. The van der Waals surface area contributed by atoms with E-state index < -0.39 is 6.04 Å². The SMILES string of the molecule is COc1ccc2c(c1)C=CC(C#N)N2C(=O)c1ccccc1. The molecule has 2 aromatic rings. The van der Waals surface area contributed by atoms with Crippen LogP contribution in [0, 0.1) is 11.3 Å². The summed E-state index contributed by atoms with van der Waals surface area (Å²) in [7, 11) is 1.60. The van der Waals surface area contributed by atoms with Crippen molar-refractivity contribution in [2.24, 2.45) is 0 Å². The number of ether oxygens (including phenoxy) is 1. The van der Waals surface area contributed by atoms with Crippen LogP contribution in [0.4, 0.5) is 5.69 Å². The van der Waals surface area contributed by atoms with Crippen LogP contribution in [-0.2, 0) is 0 Å². The zero-order valence-corrected chi connectivity index (χ0v) is 12.1. The fourth-order valence-electron chi connectivity index (χ4n) is 2.50. The molecule has 2 aromatic carbocycles. The predicted molar refractivity (Wildman–Crippen MR) is 84.7 cm³/mol. The third kappa shape index (κ3) is 2.33. The number of rotatable bonds is 2. The lowest BCUT2D eigenvalue weighted by Gasteiger charge is -2.30. The Morgan fingerprint density at radius 3 is 2.68 bits per heavy atom. The number of hydrogen-bond donors (Lipinski definition) is 0. The number of carbonyl (C=O) groups excluding carboxylic acids is 1. The molecule has 0 bridgehead atoms. The molecule has 0 saturated heterocycles. The molecule has 1 unspecified atom stereocenters. The van der Waals surface area contributed by atoms with Crippen LogP contribution in [0.3, 0.4) is 0 Å². The summed E-state index contributed by atoms with van der Waals surface area (Å²) in [5, 5.41) is 9.36. The van der Waals surface area contributed by atoms with Crippen LogP contribution in [0.15, 0.2) is 54.6 Å². The lowest BCUT2D eigenvalue weighted by molar-refractivity contribution is 0.0985. The highest BCUT2D eigenvalue weighted by molar-refractivity contribution is 6.09. The van der Waals surface area contributed by atoms with E-state index in [1.54, 1.807) is 31.4 Å². The topological polar surface area (TPSA) is 53.3 Å². The summed E-state index contributed by atoms with van der Waals surface area (Å²) >= 11 is 0. The van der Waals surface area contributed by atoms with Crippen molar-refractivity contribution in [2.75, 3.05) is 12.0 Å². The first-order valence-electron chi connectivity index (χ1n) is 6.89. The highest BCUT2D eigenvalue weighted by Crippen LogP contribution is 2.33. The largest absolute Gasteiger partial charge is 0.497 e. The number of fused-ring (bicyclic) bond motifs is 1. The van der Waals surface area contributed by atoms with Crippen LogP contribution in [0.2, 0.25) is 0 Å². The maximum atomic E-state index is 12.8. The summed E-state index contributed by atoms with van der Waals surface area (Å²) in [6, 6.07) is 16.0. The van der Waals surface area contributed by atoms with Crippen molar-refractivity contribution in [1.29, 1.82) is 5.26 Å². The number of carbonyl (C=O) groups is 1. The lowest BCUT2D eigenvalue weighted by Crippen LogP contribution is -2.40. The monoisotopic (exact) mass is 290 g/mol. The van der Waals surface area contributed by atoms with E-state index in [0.717, 1.165) is 5.56 Å². The Bertz CT molecular complexity index is 775. The zero-order valence-electron chi connectivity index (χ0n) is 12.1. The van der Waals surface area contributed by atoms with Gasteiger partial charge < -0.3 is 4.74 Å². The van der Waals surface area contributed by atoms with Gasteiger partial charge in [-0.05, 0) is 36.4 Å². The minimum atomic E-state index is -0.617. The van der Waals surface area contributed by atoms with Gasteiger partial charge in [0, 0.05) is 11.1 Å². The van der Waals surface area contributed by atoms with Gasteiger partial charge in [0.1, 0.15) is 11.8 Å². The molecule has 4 nitrogen and oxygen atoms in total. The Morgan fingerprint density at radius 2 is 2.00 bits per heavy atom. The number of hydrogen-bond acceptors (Lipinski definition) is 3. The lowest BCUT2D eigenvalue weighted by atomic mass is 10.0. The van der Waals surface area contributed by atoms with Gasteiger partial charge >= 0.3 is 0 Å². The third-order valence-electron chi connectivity index (χ3n) is 3.60. The summed E-state index contributed by atoms with van der Waals surface area (Å²) < 4.78 is 5.21. The molecule has 1 heterocycles. The van der Waals surface area contributed by atoms with Gasteiger partial charge in [0.25, 0.3) is 5.91 Å². The number of anilines is 1. The number of benzene rings is 2. The average molecular weight is 290 g/mol. The molecular formula is C18H14N2O2. The minimum absolute atomic E-state index is 0.192. The quantitative estimate of drug-likeness (QED) is 0.853. The molecule has 0 radical (unpaired) electrons. The maximum Gasteiger partial charge on any atom is 0.259 e. The Morgan fingerprint density at radius 1 is 1.23 bits per heavy atom. The van der Waals surface area contributed by atoms with E-state index in [4.69, 9.17) is 4.74 Å². The summed E-state index contributed by atoms with van der Waals surface area (Å²) in [6.45, 7) is 0. The molecule has 1 atom stereocenters. The number of amides is 1. The van der Waals surface area contributed by atoms with E-state index in [1.165, 1.54) is 4.90 Å². The van der Waals surface area contributed by atoms with Crippen LogP contribution in [0.1, 0.15) is 15.9 Å². The van der Waals surface area contributed by atoms with E-state index in [2.05, 4.69) is 6.07 Å². The molecular weight excluding hydrogens is 276 g/mol. The number of methoxy groups -OCH3 is 1. The second-order valence-corrected chi connectivity index (χ2v) is 4.90.